The fourth-order valence-electron chi connectivity index (χ4n) is 3.36. The zero-order valence-electron chi connectivity index (χ0n) is 23.3. The van der Waals surface area contributed by atoms with Gasteiger partial charge in [-0.05, 0) is 47.6 Å². The largest absolute Gasteiger partial charge is 0.500 e. The van der Waals surface area contributed by atoms with E-state index < -0.39 is 17.1 Å². The summed E-state index contributed by atoms with van der Waals surface area (Å²) in [6.45, 7) is 4.17. The molecule has 0 heterocycles. The molecule has 230 valence electrons. The molecular formula is C27H45BrCl3F3N2O3. The molecule has 0 aromatic carbocycles. The van der Waals surface area contributed by atoms with E-state index in [0.29, 0.717) is 6.42 Å². The van der Waals surface area contributed by atoms with E-state index in [1.54, 1.807) is 4.79 Å². The van der Waals surface area contributed by atoms with Gasteiger partial charge in [0, 0.05) is 6.42 Å². The first-order valence-electron chi connectivity index (χ1n) is 13.9. The van der Waals surface area contributed by atoms with Gasteiger partial charge in [0.05, 0.1) is 4.83 Å². The van der Waals surface area contributed by atoms with E-state index in [1.165, 1.54) is 96.3 Å². The highest BCUT2D eigenvalue weighted by atomic mass is 79.9. The van der Waals surface area contributed by atoms with Crippen LogP contribution < -0.4 is 0 Å². The van der Waals surface area contributed by atoms with Gasteiger partial charge in [-0.25, -0.2) is 0 Å². The summed E-state index contributed by atoms with van der Waals surface area (Å²) < 4.78 is 34.1. The van der Waals surface area contributed by atoms with Gasteiger partial charge in [0.25, 0.3) is 0 Å². The van der Waals surface area contributed by atoms with E-state index in [0.717, 1.165) is 19.3 Å². The second kappa shape index (κ2) is 30.5. The molecule has 0 saturated heterocycles. The first-order valence-corrected chi connectivity index (χ1v) is 15.9. The maximum absolute atomic E-state index is 11.4. The van der Waals surface area contributed by atoms with Crippen LogP contribution >= 0.6 is 50.7 Å². The van der Waals surface area contributed by atoms with Gasteiger partial charge < -0.3 is 5.53 Å². The lowest BCUT2D eigenvalue weighted by molar-refractivity contribution is -0.131. The molecule has 0 saturated carbocycles. The molecule has 0 N–H and O–H groups in total. The van der Waals surface area contributed by atoms with Crippen LogP contribution in [0.4, 0.5) is 13.2 Å². The van der Waals surface area contributed by atoms with Crippen LogP contribution in [0.3, 0.4) is 0 Å². The summed E-state index contributed by atoms with van der Waals surface area (Å²) >= 11 is 17.8. The smallest absolute Gasteiger partial charge is 0.361 e. The maximum Gasteiger partial charge on any atom is 0.500 e. The van der Waals surface area contributed by atoms with Crippen LogP contribution in [0.25, 0.3) is 5.53 Å². The lowest BCUT2D eigenvalue weighted by atomic mass is 10.0. The number of unbranched alkanes of at least 4 members (excludes halogenated alkanes) is 16. The number of carbonyl (C=O) groups is 3. The summed E-state index contributed by atoms with van der Waals surface area (Å²) in [5.41, 5.74) is 5.58. The van der Waals surface area contributed by atoms with Crippen molar-refractivity contribution in [1.82, 2.24) is 0 Å². The van der Waals surface area contributed by atoms with E-state index in [9.17, 15) is 27.6 Å². The van der Waals surface area contributed by atoms with Crippen molar-refractivity contribution >= 4 is 72.2 Å². The molecule has 0 aromatic heterocycles. The molecule has 12 heteroatoms. The maximum atomic E-state index is 11.4. The fourth-order valence-corrected chi connectivity index (χ4v) is 3.79. The second-order valence-electron chi connectivity index (χ2n) is 9.16. The Kier molecular flexibility index (Phi) is 33.6. The van der Waals surface area contributed by atoms with Gasteiger partial charge in [-0.2, -0.15) is 18.0 Å². The van der Waals surface area contributed by atoms with Crippen molar-refractivity contribution in [3.05, 3.63) is 5.53 Å². The number of hydrogen-bond acceptors (Lipinski definition) is 3. The summed E-state index contributed by atoms with van der Waals surface area (Å²) in [6, 6.07) is 0. The highest BCUT2D eigenvalue weighted by Crippen LogP contribution is 2.17. The molecule has 0 aromatic rings. The molecule has 0 rings (SSSR count). The monoisotopic (exact) mass is 686 g/mol. The van der Waals surface area contributed by atoms with Crippen LogP contribution in [-0.2, 0) is 14.4 Å². The standard InChI is InChI=1S/C20H39ClO.C4H6BrClO.C3ClF3N2O/c1-2-3-4-5-6-7-8-9-10-11-12-13-14-15-16-17-18-19-20(21)22;1-2-3(5)4(6)7;4-2(10)1(9-8)3(5,6)7/h2-19H2,1H3;3H,2H2,1H3;. The molecule has 0 aliphatic rings. The van der Waals surface area contributed by atoms with Crippen LogP contribution in [0, 0.1) is 0 Å². The first kappa shape index (κ1) is 43.0. The Morgan fingerprint density at radius 3 is 1.21 bits per heavy atom. The molecule has 0 radical (unpaired) electrons. The van der Waals surface area contributed by atoms with Crippen molar-refractivity contribution in [1.29, 1.82) is 0 Å². The minimum Gasteiger partial charge on any atom is -0.361 e. The average molecular weight is 689 g/mol. The first-order chi connectivity index (χ1) is 18.3. The van der Waals surface area contributed by atoms with Crippen molar-refractivity contribution in [2.75, 3.05) is 0 Å². The Morgan fingerprint density at radius 1 is 0.718 bits per heavy atom. The van der Waals surface area contributed by atoms with Crippen LogP contribution in [-0.4, -0.2) is 37.2 Å². The van der Waals surface area contributed by atoms with E-state index in [-0.39, 0.29) is 15.3 Å². The molecule has 0 amide bonds. The zero-order valence-corrected chi connectivity index (χ0v) is 27.1. The molecule has 0 spiro atoms. The summed E-state index contributed by atoms with van der Waals surface area (Å²) in [6.07, 6.45) is 19.6. The molecular weight excluding hydrogens is 644 g/mol. The Morgan fingerprint density at radius 2 is 1.05 bits per heavy atom. The van der Waals surface area contributed by atoms with E-state index in [1.807, 2.05) is 6.92 Å². The van der Waals surface area contributed by atoms with E-state index >= 15 is 0 Å². The summed E-state index contributed by atoms with van der Waals surface area (Å²) in [4.78, 5) is 31.9. The molecule has 0 aliphatic carbocycles. The van der Waals surface area contributed by atoms with Gasteiger partial charge in [-0.3, -0.25) is 14.4 Å². The number of halogens is 7. The average Bonchev–Trinajstić information content (AvgIpc) is 2.85. The normalized spacial score (nSPS) is 11.3. The topological polar surface area (TPSA) is 87.6 Å². The van der Waals surface area contributed by atoms with Gasteiger partial charge in [0.2, 0.25) is 10.5 Å². The minimum atomic E-state index is -4.99. The molecule has 5 nitrogen and oxygen atoms in total. The van der Waals surface area contributed by atoms with Crippen molar-refractivity contribution in [2.24, 2.45) is 0 Å². The van der Waals surface area contributed by atoms with Crippen LogP contribution in [0.15, 0.2) is 0 Å². The molecule has 0 bridgehead atoms. The number of carbonyl (C=O) groups excluding carboxylic acids is 3. The lowest BCUT2D eigenvalue weighted by Crippen LogP contribution is -2.29. The zero-order chi connectivity index (χ0) is 30.5. The van der Waals surface area contributed by atoms with E-state index in [2.05, 4.69) is 34.5 Å². The molecule has 0 aliphatic heterocycles. The second-order valence-corrected chi connectivity index (χ2v) is 11.4. The summed E-state index contributed by atoms with van der Waals surface area (Å²) in [5, 5.41) is -2.33. The van der Waals surface area contributed by atoms with E-state index in [4.69, 9.17) is 28.7 Å². The SMILES string of the molecule is CCC(Br)C(=O)Cl.CCCCCCCCCCCCCCCCCCCC(=O)Cl.[N-]=[N+]=C(C(=O)Cl)C(F)(F)F. The third-order valence-electron chi connectivity index (χ3n) is 5.64. The van der Waals surface area contributed by atoms with Crippen molar-refractivity contribution in [2.45, 2.75) is 147 Å². The highest BCUT2D eigenvalue weighted by Gasteiger charge is 2.48. The van der Waals surface area contributed by atoms with Gasteiger partial charge in [0.1, 0.15) is 0 Å². The Balaban J connectivity index is -0.000000624. The quantitative estimate of drug-likeness (QED) is 0.0300. The van der Waals surface area contributed by atoms with Gasteiger partial charge in [0.15, 0.2) is 0 Å². The van der Waals surface area contributed by atoms with Gasteiger partial charge >= 0.3 is 17.1 Å². The number of alkyl halides is 4. The molecule has 39 heavy (non-hydrogen) atoms. The lowest BCUT2D eigenvalue weighted by Gasteiger charge is -2.03. The van der Waals surface area contributed by atoms with Gasteiger partial charge in [-0.1, -0.05) is 133 Å². The Bertz CT molecular complexity index is 693. The van der Waals surface area contributed by atoms with Crippen LogP contribution in [0.1, 0.15) is 136 Å². The van der Waals surface area contributed by atoms with Crippen molar-refractivity contribution in [3.63, 3.8) is 0 Å². The third kappa shape index (κ3) is 35.5. The van der Waals surface area contributed by atoms with Crippen LogP contribution in [0.5, 0.6) is 0 Å². The molecule has 1 unspecified atom stereocenters. The van der Waals surface area contributed by atoms with Gasteiger partial charge in [-0.15, -0.1) is 0 Å². The predicted molar refractivity (Wildman–Crippen MR) is 159 cm³/mol. The Hall–Kier alpha value is -0.470. The van der Waals surface area contributed by atoms with Crippen molar-refractivity contribution < 1.29 is 32.3 Å². The number of nitrogens with zero attached hydrogens (tertiary/aromatic N) is 2. The van der Waals surface area contributed by atoms with Crippen molar-refractivity contribution in [3.8, 4) is 0 Å². The molecule has 0 fully saturated rings. The fraction of sp³-hybridized carbons (Fsp3) is 0.852. The highest BCUT2D eigenvalue weighted by molar-refractivity contribution is 9.10. The Labute approximate surface area is 256 Å². The minimum absolute atomic E-state index is 0.158. The predicted octanol–water partition coefficient (Wildman–Crippen LogP) is 10.7. The van der Waals surface area contributed by atoms with Crippen LogP contribution in [0.2, 0.25) is 0 Å². The summed E-state index contributed by atoms with van der Waals surface area (Å²) in [7, 11) is 0. The molecule has 1 atom stereocenters. The number of rotatable bonds is 21. The number of hydrogen-bond donors (Lipinski definition) is 0. The summed E-state index contributed by atoms with van der Waals surface area (Å²) in [5.74, 6) is 0. The third-order valence-corrected chi connectivity index (χ3v) is 7.59.